The van der Waals surface area contributed by atoms with Crippen molar-refractivity contribution in [3.05, 3.63) is 47.5 Å². The molecule has 0 heterocycles. The Morgan fingerprint density at radius 3 is 2.24 bits per heavy atom. The monoisotopic (exact) mass is 233 g/mol. The summed E-state index contributed by atoms with van der Waals surface area (Å²) in [5.41, 5.74) is 3.34. The second-order valence-corrected chi connectivity index (χ2v) is 4.93. The van der Waals surface area contributed by atoms with Gasteiger partial charge in [0.25, 0.3) is 0 Å². The zero-order valence-electron chi connectivity index (χ0n) is 11.0. The van der Waals surface area contributed by atoms with E-state index in [1.54, 1.807) is 0 Å². The molecular weight excluding hydrogens is 210 g/mol. The van der Waals surface area contributed by atoms with Gasteiger partial charge in [-0.25, -0.2) is 0 Å². The molecule has 0 saturated heterocycles. The van der Waals surface area contributed by atoms with E-state index in [0.29, 0.717) is 12.5 Å². The zero-order chi connectivity index (χ0) is 12.8. The lowest BCUT2D eigenvalue weighted by atomic mass is 10.00. The van der Waals surface area contributed by atoms with Crippen LogP contribution in [-0.4, -0.2) is 18.2 Å². The van der Waals surface area contributed by atoms with Crippen molar-refractivity contribution < 1.29 is 5.11 Å². The molecule has 0 saturated carbocycles. The molecule has 2 heteroatoms. The third-order valence-corrected chi connectivity index (χ3v) is 2.75. The van der Waals surface area contributed by atoms with Gasteiger partial charge in [0.15, 0.2) is 0 Å². The van der Waals surface area contributed by atoms with Crippen molar-refractivity contribution in [1.29, 1.82) is 0 Å². The highest BCUT2D eigenvalue weighted by atomic mass is 16.3. The van der Waals surface area contributed by atoms with Crippen molar-refractivity contribution in [2.24, 2.45) is 0 Å². The first-order valence-corrected chi connectivity index (χ1v) is 6.13. The molecule has 0 radical (unpaired) electrons. The Morgan fingerprint density at radius 2 is 1.76 bits per heavy atom. The number of aliphatic hydroxyl groups is 1. The summed E-state index contributed by atoms with van der Waals surface area (Å²) in [6, 6.07) is 8.18. The standard InChI is InChI=1S/C15H23NO/c1-11(2)9-16-10-15(17)14-7-5-13(6-8-14)12(3)4/h5-8,12,15-17H,1,9-10H2,2-4H3. The average Bonchev–Trinajstić information content (AvgIpc) is 2.28. The van der Waals surface area contributed by atoms with Gasteiger partial charge in [-0.05, 0) is 24.0 Å². The Kier molecular flexibility index (Phi) is 5.39. The van der Waals surface area contributed by atoms with E-state index in [1.807, 2.05) is 19.1 Å². The van der Waals surface area contributed by atoms with Gasteiger partial charge in [-0.3, -0.25) is 0 Å². The van der Waals surface area contributed by atoms with Crippen molar-refractivity contribution >= 4 is 0 Å². The van der Waals surface area contributed by atoms with Crippen LogP contribution in [0.2, 0.25) is 0 Å². The highest BCUT2D eigenvalue weighted by Crippen LogP contribution is 2.18. The maximum absolute atomic E-state index is 9.97. The molecule has 0 aliphatic rings. The van der Waals surface area contributed by atoms with Crippen molar-refractivity contribution in [2.45, 2.75) is 32.8 Å². The summed E-state index contributed by atoms with van der Waals surface area (Å²) >= 11 is 0. The van der Waals surface area contributed by atoms with Crippen molar-refractivity contribution in [1.82, 2.24) is 5.32 Å². The summed E-state index contributed by atoms with van der Waals surface area (Å²) < 4.78 is 0. The summed E-state index contributed by atoms with van der Waals surface area (Å²) in [6.45, 7) is 11.4. The fourth-order valence-corrected chi connectivity index (χ4v) is 1.64. The lowest BCUT2D eigenvalue weighted by molar-refractivity contribution is 0.176. The second-order valence-electron chi connectivity index (χ2n) is 4.93. The molecule has 1 aromatic carbocycles. The topological polar surface area (TPSA) is 32.3 Å². The highest BCUT2D eigenvalue weighted by molar-refractivity contribution is 5.26. The van der Waals surface area contributed by atoms with Gasteiger partial charge in [-0.15, -0.1) is 0 Å². The maximum atomic E-state index is 9.97. The normalized spacial score (nSPS) is 12.8. The number of nitrogens with one attached hydrogen (secondary N) is 1. The molecule has 0 aliphatic carbocycles. The van der Waals surface area contributed by atoms with Crippen LogP contribution in [0.4, 0.5) is 0 Å². The Morgan fingerprint density at radius 1 is 1.24 bits per heavy atom. The first kappa shape index (κ1) is 13.9. The first-order chi connectivity index (χ1) is 8.00. The van der Waals surface area contributed by atoms with Gasteiger partial charge in [0.05, 0.1) is 6.10 Å². The minimum Gasteiger partial charge on any atom is -0.387 e. The predicted molar refractivity (Wildman–Crippen MR) is 73.2 cm³/mol. The van der Waals surface area contributed by atoms with E-state index in [1.165, 1.54) is 5.56 Å². The zero-order valence-corrected chi connectivity index (χ0v) is 11.0. The van der Waals surface area contributed by atoms with E-state index in [9.17, 15) is 5.11 Å². The van der Waals surface area contributed by atoms with Crippen LogP contribution in [0.1, 0.15) is 43.9 Å². The molecule has 2 N–H and O–H groups in total. The summed E-state index contributed by atoms with van der Waals surface area (Å²) in [5, 5.41) is 13.1. The molecule has 17 heavy (non-hydrogen) atoms. The number of benzene rings is 1. The summed E-state index contributed by atoms with van der Waals surface area (Å²) in [7, 11) is 0. The number of rotatable bonds is 6. The van der Waals surface area contributed by atoms with Gasteiger partial charge in [-0.2, -0.15) is 0 Å². The van der Waals surface area contributed by atoms with Gasteiger partial charge in [0.1, 0.15) is 0 Å². The third kappa shape index (κ3) is 4.72. The Labute approximate surface area is 104 Å². The Balaban J connectivity index is 2.51. The SMILES string of the molecule is C=C(C)CNCC(O)c1ccc(C(C)C)cc1. The van der Waals surface area contributed by atoms with Crippen LogP contribution in [-0.2, 0) is 0 Å². The first-order valence-electron chi connectivity index (χ1n) is 6.13. The van der Waals surface area contributed by atoms with E-state index in [2.05, 4.69) is 37.9 Å². The quantitative estimate of drug-likeness (QED) is 0.740. The minimum absolute atomic E-state index is 0.449. The van der Waals surface area contributed by atoms with Crippen LogP contribution in [0.25, 0.3) is 0 Å². The van der Waals surface area contributed by atoms with Crippen molar-refractivity contribution in [2.75, 3.05) is 13.1 Å². The van der Waals surface area contributed by atoms with Crippen LogP contribution < -0.4 is 5.32 Å². The fraction of sp³-hybridized carbons (Fsp3) is 0.467. The van der Waals surface area contributed by atoms with Gasteiger partial charge in [0, 0.05) is 13.1 Å². The van der Waals surface area contributed by atoms with Crippen LogP contribution in [0.15, 0.2) is 36.4 Å². The van der Waals surface area contributed by atoms with Gasteiger partial charge in [0.2, 0.25) is 0 Å². The molecule has 0 amide bonds. The molecule has 0 aliphatic heterocycles. The van der Waals surface area contributed by atoms with Gasteiger partial charge >= 0.3 is 0 Å². The molecular formula is C15H23NO. The largest absolute Gasteiger partial charge is 0.387 e. The molecule has 1 rings (SSSR count). The van der Waals surface area contributed by atoms with E-state index in [0.717, 1.165) is 17.7 Å². The smallest absolute Gasteiger partial charge is 0.0914 e. The summed E-state index contributed by atoms with van der Waals surface area (Å²) in [5.74, 6) is 0.530. The molecule has 0 bridgehead atoms. The van der Waals surface area contributed by atoms with Crippen LogP contribution in [0, 0.1) is 0 Å². The fourth-order valence-electron chi connectivity index (χ4n) is 1.64. The molecule has 2 nitrogen and oxygen atoms in total. The minimum atomic E-state index is -0.449. The highest BCUT2D eigenvalue weighted by Gasteiger charge is 2.07. The van der Waals surface area contributed by atoms with E-state index in [-0.39, 0.29) is 0 Å². The van der Waals surface area contributed by atoms with E-state index < -0.39 is 6.10 Å². The van der Waals surface area contributed by atoms with Crippen molar-refractivity contribution in [3.8, 4) is 0 Å². The molecule has 0 aromatic heterocycles. The third-order valence-electron chi connectivity index (χ3n) is 2.75. The molecule has 1 atom stereocenters. The average molecular weight is 233 g/mol. The Hall–Kier alpha value is -1.12. The van der Waals surface area contributed by atoms with E-state index in [4.69, 9.17) is 0 Å². The molecule has 0 fully saturated rings. The van der Waals surface area contributed by atoms with Crippen molar-refractivity contribution in [3.63, 3.8) is 0 Å². The second kappa shape index (κ2) is 6.58. The van der Waals surface area contributed by atoms with E-state index >= 15 is 0 Å². The summed E-state index contributed by atoms with van der Waals surface area (Å²) in [6.07, 6.45) is -0.449. The molecule has 1 aromatic rings. The number of hydrogen-bond acceptors (Lipinski definition) is 2. The molecule has 94 valence electrons. The lowest BCUT2D eigenvalue weighted by Gasteiger charge is -2.13. The predicted octanol–water partition coefficient (Wildman–Crippen LogP) is 3.01. The maximum Gasteiger partial charge on any atom is 0.0914 e. The van der Waals surface area contributed by atoms with Crippen LogP contribution >= 0.6 is 0 Å². The van der Waals surface area contributed by atoms with Crippen LogP contribution in [0.3, 0.4) is 0 Å². The number of hydrogen-bond donors (Lipinski definition) is 2. The molecule has 0 spiro atoms. The number of aliphatic hydroxyl groups excluding tert-OH is 1. The Bertz CT molecular complexity index is 354. The lowest BCUT2D eigenvalue weighted by Crippen LogP contribution is -2.22. The molecule has 1 unspecified atom stereocenters. The van der Waals surface area contributed by atoms with Gasteiger partial charge in [-0.1, -0.05) is 50.3 Å². The van der Waals surface area contributed by atoms with Gasteiger partial charge < -0.3 is 10.4 Å². The van der Waals surface area contributed by atoms with Crippen LogP contribution in [0.5, 0.6) is 0 Å². The summed E-state index contributed by atoms with van der Waals surface area (Å²) in [4.78, 5) is 0.